The minimum absolute atomic E-state index is 0.305. The van der Waals surface area contributed by atoms with Gasteiger partial charge in [-0.2, -0.15) is 0 Å². The molecule has 21 heavy (non-hydrogen) atoms. The highest BCUT2D eigenvalue weighted by Crippen LogP contribution is 2.24. The third-order valence-corrected chi connectivity index (χ3v) is 3.80. The largest absolute Gasteiger partial charge is 0.494 e. The van der Waals surface area contributed by atoms with Crippen LogP contribution in [0.1, 0.15) is 59.4 Å². The summed E-state index contributed by atoms with van der Waals surface area (Å²) in [5.41, 5.74) is 1.70. The van der Waals surface area contributed by atoms with Crippen LogP contribution in [0.25, 0.3) is 0 Å². The molecule has 0 heterocycles. The second-order valence-electron chi connectivity index (χ2n) is 6.90. The van der Waals surface area contributed by atoms with Crippen LogP contribution in [0.4, 0.5) is 0 Å². The van der Waals surface area contributed by atoms with E-state index in [0.717, 1.165) is 31.7 Å². The molecule has 1 atom stereocenters. The Kier molecular flexibility index (Phi) is 7.81. The molecule has 1 aromatic rings. The Morgan fingerprint density at radius 1 is 1.05 bits per heavy atom. The lowest BCUT2D eigenvalue weighted by Gasteiger charge is -2.32. The Balaban J connectivity index is 2.51. The summed E-state index contributed by atoms with van der Waals surface area (Å²) in [6.07, 6.45) is 4.54. The molecule has 2 nitrogen and oxygen atoms in total. The lowest BCUT2D eigenvalue weighted by atomic mass is 9.83. The summed E-state index contributed by atoms with van der Waals surface area (Å²) in [5.74, 6) is 0.983. The van der Waals surface area contributed by atoms with Gasteiger partial charge in [-0.3, -0.25) is 0 Å². The van der Waals surface area contributed by atoms with E-state index >= 15 is 0 Å². The van der Waals surface area contributed by atoms with Gasteiger partial charge < -0.3 is 10.1 Å². The SMILES string of the molecule is CCCNC(CCc1ccc(OCCC)cc1)C(C)(C)C. The van der Waals surface area contributed by atoms with Gasteiger partial charge >= 0.3 is 0 Å². The lowest BCUT2D eigenvalue weighted by Crippen LogP contribution is -2.41. The summed E-state index contributed by atoms with van der Waals surface area (Å²) in [6, 6.07) is 9.15. The van der Waals surface area contributed by atoms with E-state index in [9.17, 15) is 0 Å². The fraction of sp³-hybridized carbons (Fsp3) is 0.684. The van der Waals surface area contributed by atoms with Gasteiger partial charge in [0.15, 0.2) is 0 Å². The number of hydrogen-bond acceptors (Lipinski definition) is 2. The van der Waals surface area contributed by atoms with Gasteiger partial charge in [-0.05, 0) is 55.3 Å². The van der Waals surface area contributed by atoms with E-state index in [4.69, 9.17) is 4.74 Å². The molecular weight excluding hydrogens is 258 g/mol. The van der Waals surface area contributed by atoms with Crippen molar-refractivity contribution < 1.29 is 4.74 Å². The summed E-state index contributed by atoms with van der Waals surface area (Å²) < 4.78 is 5.63. The van der Waals surface area contributed by atoms with Crippen LogP contribution in [-0.4, -0.2) is 19.2 Å². The highest BCUT2D eigenvalue weighted by atomic mass is 16.5. The predicted molar refractivity (Wildman–Crippen MR) is 92.1 cm³/mol. The highest BCUT2D eigenvalue weighted by molar-refractivity contribution is 5.27. The Morgan fingerprint density at radius 2 is 1.71 bits per heavy atom. The summed E-state index contributed by atoms with van der Waals surface area (Å²) in [6.45, 7) is 13.2. The predicted octanol–water partition coefficient (Wildman–Crippen LogP) is 4.82. The molecule has 0 aromatic heterocycles. The molecule has 1 unspecified atom stereocenters. The van der Waals surface area contributed by atoms with Crippen molar-refractivity contribution >= 4 is 0 Å². The van der Waals surface area contributed by atoms with Crippen LogP contribution in [0.2, 0.25) is 0 Å². The minimum atomic E-state index is 0.305. The number of aryl methyl sites for hydroxylation is 1. The maximum absolute atomic E-state index is 5.63. The summed E-state index contributed by atoms with van der Waals surface area (Å²) in [7, 11) is 0. The zero-order chi connectivity index (χ0) is 15.7. The van der Waals surface area contributed by atoms with Crippen molar-refractivity contribution in [3.63, 3.8) is 0 Å². The van der Waals surface area contributed by atoms with Gasteiger partial charge in [0.2, 0.25) is 0 Å². The van der Waals surface area contributed by atoms with E-state index in [1.54, 1.807) is 0 Å². The zero-order valence-corrected chi connectivity index (χ0v) is 14.5. The number of nitrogens with one attached hydrogen (secondary N) is 1. The van der Waals surface area contributed by atoms with Crippen LogP contribution in [0.15, 0.2) is 24.3 Å². The summed E-state index contributed by atoms with van der Waals surface area (Å²) in [4.78, 5) is 0. The number of rotatable bonds is 9. The van der Waals surface area contributed by atoms with Crippen molar-refractivity contribution in [2.24, 2.45) is 5.41 Å². The normalized spacial score (nSPS) is 13.2. The molecule has 0 amide bonds. The van der Waals surface area contributed by atoms with Crippen LogP contribution in [-0.2, 0) is 6.42 Å². The van der Waals surface area contributed by atoms with Crippen LogP contribution < -0.4 is 10.1 Å². The van der Waals surface area contributed by atoms with Crippen LogP contribution in [0.5, 0.6) is 5.75 Å². The molecule has 120 valence electrons. The first-order chi connectivity index (χ1) is 9.97. The molecule has 0 bridgehead atoms. The molecule has 0 saturated heterocycles. The van der Waals surface area contributed by atoms with Crippen LogP contribution in [0.3, 0.4) is 0 Å². The van der Waals surface area contributed by atoms with Gasteiger partial charge in [0, 0.05) is 6.04 Å². The molecule has 2 heteroatoms. The van der Waals surface area contributed by atoms with Crippen molar-refractivity contribution in [3.8, 4) is 5.75 Å². The highest BCUT2D eigenvalue weighted by Gasteiger charge is 2.23. The first kappa shape index (κ1) is 18.0. The number of ether oxygens (including phenoxy) is 1. The van der Waals surface area contributed by atoms with E-state index in [1.807, 2.05) is 0 Å². The van der Waals surface area contributed by atoms with Crippen LogP contribution in [0, 0.1) is 5.41 Å². The molecule has 0 aliphatic heterocycles. The monoisotopic (exact) mass is 291 g/mol. The third kappa shape index (κ3) is 6.99. The fourth-order valence-electron chi connectivity index (χ4n) is 2.44. The second kappa shape index (κ2) is 9.09. The molecule has 0 aliphatic rings. The smallest absolute Gasteiger partial charge is 0.119 e. The first-order valence-electron chi connectivity index (χ1n) is 8.42. The van der Waals surface area contributed by atoms with Crippen molar-refractivity contribution in [2.45, 2.75) is 66.3 Å². The van der Waals surface area contributed by atoms with Crippen molar-refractivity contribution in [1.29, 1.82) is 0 Å². The van der Waals surface area contributed by atoms with Crippen molar-refractivity contribution in [1.82, 2.24) is 5.32 Å². The molecule has 1 aromatic carbocycles. The fourth-order valence-corrected chi connectivity index (χ4v) is 2.44. The molecular formula is C19H33NO. The maximum Gasteiger partial charge on any atom is 0.119 e. The maximum atomic E-state index is 5.63. The molecule has 0 spiro atoms. The molecule has 1 rings (SSSR count). The summed E-state index contributed by atoms with van der Waals surface area (Å²) >= 11 is 0. The third-order valence-electron chi connectivity index (χ3n) is 3.80. The van der Waals surface area contributed by atoms with E-state index in [2.05, 4.69) is 64.2 Å². The van der Waals surface area contributed by atoms with Gasteiger partial charge in [0.1, 0.15) is 5.75 Å². The Morgan fingerprint density at radius 3 is 2.24 bits per heavy atom. The van der Waals surface area contributed by atoms with Gasteiger partial charge in [-0.25, -0.2) is 0 Å². The molecule has 0 saturated carbocycles. The second-order valence-corrected chi connectivity index (χ2v) is 6.90. The van der Waals surface area contributed by atoms with E-state index in [1.165, 1.54) is 18.4 Å². The molecule has 0 radical (unpaired) electrons. The van der Waals surface area contributed by atoms with E-state index in [-0.39, 0.29) is 0 Å². The van der Waals surface area contributed by atoms with Crippen LogP contribution >= 0.6 is 0 Å². The zero-order valence-electron chi connectivity index (χ0n) is 14.5. The van der Waals surface area contributed by atoms with Gasteiger partial charge in [-0.15, -0.1) is 0 Å². The standard InChI is InChI=1S/C19H33NO/c1-6-14-20-18(19(3,4)5)13-10-16-8-11-17(12-9-16)21-15-7-2/h8-9,11-12,18,20H,6-7,10,13-15H2,1-5H3. The van der Waals surface area contributed by atoms with E-state index < -0.39 is 0 Å². The number of hydrogen-bond donors (Lipinski definition) is 1. The quantitative estimate of drug-likeness (QED) is 0.704. The molecule has 0 aliphatic carbocycles. The molecule has 1 N–H and O–H groups in total. The summed E-state index contributed by atoms with van der Waals surface area (Å²) in [5, 5.41) is 3.69. The average Bonchev–Trinajstić information content (AvgIpc) is 2.45. The Hall–Kier alpha value is -1.02. The Bertz CT molecular complexity index is 378. The lowest BCUT2D eigenvalue weighted by molar-refractivity contribution is 0.255. The van der Waals surface area contributed by atoms with Gasteiger partial charge in [-0.1, -0.05) is 46.8 Å². The topological polar surface area (TPSA) is 21.3 Å². The average molecular weight is 291 g/mol. The van der Waals surface area contributed by atoms with E-state index in [0.29, 0.717) is 11.5 Å². The van der Waals surface area contributed by atoms with Crippen molar-refractivity contribution in [2.75, 3.05) is 13.2 Å². The Labute approximate surface area is 131 Å². The molecule has 0 fully saturated rings. The number of benzene rings is 1. The first-order valence-corrected chi connectivity index (χ1v) is 8.42. The van der Waals surface area contributed by atoms with Gasteiger partial charge in [0.05, 0.1) is 6.61 Å². The van der Waals surface area contributed by atoms with Crippen molar-refractivity contribution in [3.05, 3.63) is 29.8 Å². The van der Waals surface area contributed by atoms with Gasteiger partial charge in [0.25, 0.3) is 0 Å². The minimum Gasteiger partial charge on any atom is -0.494 e.